The lowest BCUT2D eigenvalue weighted by atomic mass is 10.2. The van der Waals surface area contributed by atoms with E-state index in [2.05, 4.69) is 15.9 Å². The second kappa shape index (κ2) is 5.27. The third-order valence-corrected chi connectivity index (χ3v) is 2.62. The van der Waals surface area contributed by atoms with Crippen LogP contribution in [-0.2, 0) is 0 Å². The Morgan fingerprint density at radius 2 is 2.06 bits per heavy atom. The molecule has 0 bridgehead atoms. The molecule has 0 aromatic heterocycles. The van der Waals surface area contributed by atoms with Gasteiger partial charge in [0.2, 0.25) is 0 Å². The van der Waals surface area contributed by atoms with Gasteiger partial charge in [0.25, 0.3) is 5.24 Å². The number of halogens is 5. The van der Waals surface area contributed by atoms with E-state index in [-0.39, 0.29) is 11.3 Å². The summed E-state index contributed by atoms with van der Waals surface area (Å²) in [4.78, 5) is 11.0. The van der Waals surface area contributed by atoms with Gasteiger partial charge in [0.05, 0.1) is 5.56 Å². The highest BCUT2D eigenvalue weighted by atomic mass is 79.9. The van der Waals surface area contributed by atoms with Crippen LogP contribution in [0.5, 0.6) is 5.75 Å². The summed E-state index contributed by atoms with van der Waals surface area (Å²) in [6.45, 7) is 0.851. The normalized spacial score (nSPS) is 13.3. The molecule has 0 saturated heterocycles. The van der Waals surface area contributed by atoms with Crippen LogP contribution in [0.3, 0.4) is 0 Å². The molecule has 0 fully saturated rings. The van der Waals surface area contributed by atoms with Crippen LogP contribution in [0.15, 0.2) is 22.7 Å². The van der Waals surface area contributed by atoms with Crippen molar-refractivity contribution in [2.24, 2.45) is 0 Å². The second-order valence-electron chi connectivity index (χ2n) is 3.22. The summed E-state index contributed by atoms with van der Waals surface area (Å²) < 4.78 is 42.1. The first kappa shape index (κ1) is 14.3. The van der Waals surface area contributed by atoms with Crippen LogP contribution in [0.2, 0.25) is 0 Å². The van der Waals surface area contributed by atoms with Gasteiger partial charge in [-0.05, 0) is 36.7 Å². The zero-order chi connectivity index (χ0) is 13.2. The number of hydrogen-bond acceptors (Lipinski definition) is 2. The third kappa shape index (κ3) is 3.89. The molecule has 1 aromatic carbocycles. The first-order valence-corrected chi connectivity index (χ1v) is 5.61. The van der Waals surface area contributed by atoms with Crippen molar-refractivity contribution in [3.05, 3.63) is 28.2 Å². The highest BCUT2D eigenvalue weighted by Crippen LogP contribution is 2.30. The van der Waals surface area contributed by atoms with Crippen molar-refractivity contribution >= 4 is 32.8 Å². The zero-order valence-electron chi connectivity index (χ0n) is 8.52. The molecule has 1 unspecified atom stereocenters. The number of rotatable bonds is 3. The first-order chi connectivity index (χ1) is 7.71. The van der Waals surface area contributed by atoms with E-state index in [9.17, 15) is 18.0 Å². The van der Waals surface area contributed by atoms with Gasteiger partial charge in [0, 0.05) is 4.47 Å². The predicted molar refractivity (Wildman–Crippen MR) is 60.5 cm³/mol. The standard InChI is InChI=1S/C10H7BrClF3O2/c1-5(10(13,14)15)17-8-4-6(11)2-3-7(8)9(12)16/h2-5H,1H3. The fraction of sp³-hybridized carbons (Fsp3) is 0.300. The van der Waals surface area contributed by atoms with E-state index in [0.29, 0.717) is 4.47 Å². The Morgan fingerprint density at radius 1 is 1.47 bits per heavy atom. The molecule has 1 atom stereocenters. The van der Waals surface area contributed by atoms with E-state index in [1.54, 1.807) is 0 Å². The first-order valence-electron chi connectivity index (χ1n) is 4.44. The minimum atomic E-state index is -4.51. The van der Waals surface area contributed by atoms with Crippen LogP contribution >= 0.6 is 27.5 Å². The molecule has 0 spiro atoms. The maximum atomic E-state index is 12.3. The molecular weight excluding hydrogens is 324 g/mol. The van der Waals surface area contributed by atoms with E-state index in [4.69, 9.17) is 16.3 Å². The smallest absolute Gasteiger partial charge is 0.425 e. The summed E-state index contributed by atoms with van der Waals surface area (Å²) in [5.74, 6) is -0.204. The van der Waals surface area contributed by atoms with Gasteiger partial charge >= 0.3 is 6.18 Å². The highest BCUT2D eigenvalue weighted by molar-refractivity contribution is 9.10. The number of benzene rings is 1. The van der Waals surface area contributed by atoms with Crippen LogP contribution < -0.4 is 4.74 Å². The van der Waals surface area contributed by atoms with Gasteiger partial charge in [-0.1, -0.05) is 15.9 Å². The lowest BCUT2D eigenvalue weighted by molar-refractivity contribution is -0.189. The molecule has 0 amide bonds. The summed E-state index contributed by atoms with van der Waals surface area (Å²) in [6, 6.07) is 4.04. The molecule has 0 aliphatic rings. The molecule has 94 valence electrons. The van der Waals surface area contributed by atoms with E-state index in [1.165, 1.54) is 18.2 Å². The molecule has 17 heavy (non-hydrogen) atoms. The SMILES string of the molecule is CC(Oc1cc(Br)ccc1C(=O)Cl)C(F)(F)F. The molecule has 0 saturated carbocycles. The quantitative estimate of drug-likeness (QED) is 0.778. The molecule has 1 rings (SSSR count). The molecule has 0 N–H and O–H groups in total. The monoisotopic (exact) mass is 330 g/mol. The topological polar surface area (TPSA) is 26.3 Å². The molecular formula is C10H7BrClF3O2. The van der Waals surface area contributed by atoms with Gasteiger partial charge in [-0.25, -0.2) is 0 Å². The maximum absolute atomic E-state index is 12.3. The summed E-state index contributed by atoms with van der Waals surface area (Å²) >= 11 is 8.31. The number of carbonyl (C=O) groups is 1. The summed E-state index contributed by atoms with van der Waals surface area (Å²) in [5, 5.41) is -0.873. The summed E-state index contributed by atoms with van der Waals surface area (Å²) in [6.07, 6.45) is -6.53. The van der Waals surface area contributed by atoms with Crippen LogP contribution in [0, 0.1) is 0 Å². The minimum absolute atomic E-state index is 0.106. The minimum Gasteiger partial charge on any atom is -0.480 e. The maximum Gasteiger partial charge on any atom is 0.425 e. The zero-order valence-corrected chi connectivity index (χ0v) is 10.9. The Bertz CT molecular complexity index is 434. The van der Waals surface area contributed by atoms with Gasteiger partial charge in [0.1, 0.15) is 5.75 Å². The third-order valence-electron chi connectivity index (χ3n) is 1.92. The molecule has 0 radical (unpaired) electrons. The van der Waals surface area contributed by atoms with Crippen molar-refractivity contribution in [1.29, 1.82) is 0 Å². The van der Waals surface area contributed by atoms with Crippen molar-refractivity contribution in [3.63, 3.8) is 0 Å². The number of ether oxygens (including phenoxy) is 1. The van der Waals surface area contributed by atoms with E-state index < -0.39 is 17.5 Å². The lowest BCUT2D eigenvalue weighted by Gasteiger charge is -2.19. The molecule has 2 nitrogen and oxygen atoms in total. The van der Waals surface area contributed by atoms with Gasteiger partial charge < -0.3 is 4.74 Å². The summed E-state index contributed by atoms with van der Waals surface area (Å²) in [5.41, 5.74) is -0.106. The molecule has 0 aliphatic carbocycles. The average Bonchev–Trinajstić information content (AvgIpc) is 2.15. The van der Waals surface area contributed by atoms with E-state index >= 15 is 0 Å². The van der Waals surface area contributed by atoms with E-state index in [0.717, 1.165) is 6.92 Å². The van der Waals surface area contributed by atoms with Crippen molar-refractivity contribution in [3.8, 4) is 5.75 Å². The van der Waals surface area contributed by atoms with E-state index in [1.807, 2.05) is 0 Å². The van der Waals surface area contributed by atoms with Crippen LogP contribution in [-0.4, -0.2) is 17.5 Å². The van der Waals surface area contributed by atoms with Crippen molar-refractivity contribution in [2.45, 2.75) is 19.2 Å². The number of alkyl halides is 3. The van der Waals surface area contributed by atoms with Crippen LogP contribution in [0.4, 0.5) is 13.2 Å². The molecule has 7 heteroatoms. The highest BCUT2D eigenvalue weighted by Gasteiger charge is 2.38. The Hall–Kier alpha value is -0.750. The molecule has 1 aromatic rings. The number of carbonyl (C=O) groups excluding carboxylic acids is 1. The fourth-order valence-corrected chi connectivity index (χ4v) is 1.51. The second-order valence-corrected chi connectivity index (χ2v) is 4.47. The van der Waals surface area contributed by atoms with Crippen molar-refractivity contribution < 1.29 is 22.7 Å². The number of hydrogen-bond donors (Lipinski definition) is 0. The average molecular weight is 332 g/mol. The molecule has 0 heterocycles. The van der Waals surface area contributed by atoms with Gasteiger partial charge in [0.15, 0.2) is 6.10 Å². The summed E-state index contributed by atoms with van der Waals surface area (Å²) in [7, 11) is 0. The van der Waals surface area contributed by atoms with Crippen molar-refractivity contribution in [2.75, 3.05) is 0 Å². The predicted octanol–water partition coefficient (Wildman–Crippen LogP) is 4.16. The molecule has 0 aliphatic heterocycles. The van der Waals surface area contributed by atoms with Crippen LogP contribution in [0.25, 0.3) is 0 Å². The van der Waals surface area contributed by atoms with Crippen LogP contribution in [0.1, 0.15) is 17.3 Å². The Balaban J connectivity index is 3.04. The van der Waals surface area contributed by atoms with Gasteiger partial charge in [-0.15, -0.1) is 0 Å². The van der Waals surface area contributed by atoms with Gasteiger partial charge in [-0.2, -0.15) is 13.2 Å². The Labute approximate surface area is 109 Å². The van der Waals surface area contributed by atoms with Crippen molar-refractivity contribution in [1.82, 2.24) is 0 Å². The Kier molecular flexibility index (Phi) is 4.43. The van der Waals surface area contributed by atoms with Gasteiger partial charge in [-0.3, -0.25) is 4.79 Å². The lowest BCUT2D eigenvalue weighted by Crippen LogP contribution is -2.31. The largest absolute Gasteiger partial charge is 0.480 e. The Morgan fingerprint density at radius 3 is 2.53 bits per heavy atom. The fourth-order valence-electron chi connectivity index (χ4n) is 1.01.